The van der Waals surface area contributed by atoms with E-state index in [2.05, 4.69) is 0 Å². The predicted octanol–water partition coefficient (Wildman–Crippen LogP) is 4.95. The topological polar surface area (TPSA) is 81.5 Å². The standard InChI is InChI=1S/C27H23N3O4S/c31-25(29(17-21-10-6-14-33-21)16-20-8-2-1-3-9-20)19-35-27-28-24-13-5-4-12-23(24)26(32)30(27)18-22-11-7-15-34-22/h1-15H,16-19H2. The molecule has 0 spiro atoms. The molecule has 0 saturated heterocycles. The lowest BCUT2D eigenvalue weighted by molar-refractivity contribution is -0.129. The van der Waals surface area contributed by atoms with Gasteiger partial charge in [-0.15, -0.1) is 0 Å². The largest absolute Gasteiger partial charge is 0.467 e. The first-order chi connectivity index (χ1) is 17.2. The van der Waals surface area contributed by atoms with Crippen LogP contribution >= 0.6 is 11.8 Å². The Labute approximate surface area is 206 Å². The number of thioether (sulfide) groups is 1. The minimum Gasteiger partial charge on any atom is -0.467 e. The Bertz CT molecular complexity index is 1460. The zero-order valence-electron chi connectivity index (χ0n) is 18.9. The average molecular weight is 486 g/mol. The van der Waals surface area contributed by atoms with Gasteiger partial charge in [-0.25, -0.2) is 4.98 Å². The molecule has 3 aromatic heterocycles. The molecule has 5 rings (SSSR count). The molecule has 0 aliphatic carbocycles. The van der Waals surface area contributed by atoms with E-state index in [4.69, 9.17) is 13.8 Å². The molecule has 176 valence electrons. The normalized spacial score (nSPS) is 11.1. The van der Waals surface area contributed by atoms with Crippen LogP contribution in [0.3, 0.4) is 0 Å². The van der Waals surface area contributed by atoms with Crippen molar-refractivity contribution < 1.29 is 13.6 Å². The summed E-state index contributed by atoms with van der Waals surface area (Å²) in [5.41, 5.74) is 1.45. The third kappa shape index (κ3) is 5.38. The lowest BCUT2D eigenvalue weighted by Gasteiger charge is -2.22. The molecule has 7 nitrogen and oxygen atoms in total. The van der Waals surface area contributed by atoms with Crippen molar-refractivity contribution in [3.8, 4) is 0 Å². The van der Waals surface area contributed by atoms with Gasteiger partial charge in [0.15, 0.2) is 5.16 Å². The maximum absolute atomic E-state index is 13.4. The van der Waals surface area contributed by atoms with Crippen molar-refractivity contribution in [3.63, 3.8) is 0 Å². The lowest BCUT2D eigenvalue weighted by Crippen LogP contribution is -2.32. The van der Waals surface area contributed by atoms with E-state index in [0.717, 1.165) is 5.56 Å². The van der Waals surface area contributed by atoms with Crippen molar-refractivity contribution in [2.24, 2.45) is 0 Å². The first-order valence-electron chi connectivity index (χ1n) is 11.2. The minimum atomic E-state index is -0.168. The first kappa shape index (κ1) is 22.7. The van der Waals surface area contributed by atoms with E-state index in [1.165, 1.54) is 11.8 Å². The summed E-state index contributed by atoms with van der Waals surface area (Å²) in [7, 11) is 0. The van der Waals surface area contributed by atoms with Gasteiger partial charge in [0.25, 0.3) is 5.56 Å². The summed E-state index contributed by atoms with van der Waals surface area (Å²) in [4.78, 5) is 33.1. The molecular weight excluding hydrogens is 462 g/mol. The summed E-state index contributed by atoms with van der Waals surface area (Å²) in [6, 6.07) is 24.3. The minimum absolute atomic E-state index is 0.0813. The van der Waals surface area contributed by atoms with Gasteiger partial charge in [-0.2, -0.15) is 0 Å². The Morgan fingerprint density at radius 1 is 0.857 bits per heavy atom. The maximum atomic E-state index is 13.4. The molecule has 0 N–H and O–H groups in total. The smallest absolute Gasteiger partial charge is 0.262 e. The number of fused-ring (bicyclic) bond motifs is 1. The molecule has 0 bridgehead atoms. The highest BCUT2D eigenvalue weighted by molar-refractivity contribution is 7.99. The first-order valence-corrected chi connectivity index (χ1v) is 12.1. The number of carbonyl (C=O) groups is 1. The van der Waals surface area contributed by atoms with Gasteiger partial charge < -0.3 is 13.7 Å². The van der Waals surface area contributed by atoms with E-state index in [1.54, 1.807) is 40.2 Å². The fraction of sp³-hybridized carbons (Fsp3) is 0.148. The molecule has 0 radical (unpaired) electrons. The Morgan fingerprint density at radius 2 is 1.57 bits per heavy atom. The van der Waals surface area contributed by atoms with Crippen LogP contribution in [0.5, 0.6) is 0 Å². The van der Waals surface area contributed by atoms with Crippen LogP contribution in [-0.4, -0.2) is 26.1 Å². The maximum Gasteiger partial charge on any atom is 0.262 e. The number of hydrogen-bond acceptors (Lipinski definition) is 6. The van der Waals surface area contributed by atoms with Crippen LogP contribution in [0, 0.1) is 0 Å². The fourth-order valence-electron chi connectivity index (χ4n) is 3.80. The average Bonchev–Trinajstić information content (AvgIpc) is 3.59. The monoisotopic (exact) mass is 485 g/mol. The van der Waals surface area contributed by atoms with Gasteiger partial charge >= 0.3 is 0 Å². The molecule has 35 heavy (non-hydrogen) atoms. The second kappa shape index (κ2) is 10.5. The van der Waals surface area contributed by atoms with Crippen LogP contribution in [0.15, 0.2) is 110 Å². The van der Waals surface area contributed by atoms with Crippen LogP contribution in [0.25, 0.3) is 10.9 Å². The summed E-state index contributed by atoms with van der Waals surface area (Å²) in [6.07, 6.45) is 3.17. The molecule has 0 aliphatic rings. The lowest BCUT2D eigenvalue weighted by atomic mass is 10.2. The van der Waals surface area contributed by atoms with Gasteiger partial charge in [0.05, 0.1) is 42.3 Å². The molecule has 0 saturated carbocycles. The van der Waals surface area contributed by atoms with Crippen molar-refractivity contribution in [2.45, 2.75) is 24.8 Å². The Kier molecular flexibility index (Phi) is 6.81. The molecule has 3 heterocycles. The number of benzene rings is 2. The number of amides is 1. The predicted molar refractivity (Wildman–Crippen MR) is 134 cm³/mol. The highest BCUT2D eigenvalue weighted by Crippen LogP contribution is 2.21. The zero-order valence-corrected chi connectivity index (χ0v) is 19.7. The number of carbonyl (C=O) groups excluding carboxylic acids is 1. The molecule has 1 amide bonds. The summed E-state index contributed by atoms with van der Waals surface area (Å²) in [5, 5.41) is 0.995. The quantitative estimate of drug-likeness (QED) is 0.217. The van der Waals surface area contributed by atoms with Gasteiger partial charge in [-0.05, 0) is 42.0 Å². The van der Waals surface area contributed by atoms with Crippen molar-refractivity contribution in [1.29, 1.82) is 0 Å². The molecule has 8 heteroatoms. The molecule has 0 atom stereocenters. The van der Waals surface area contributed by atoms with Crippen molar-refractivity contribution >= 4 is 28.6 Å². The summed E-state index contributed by atoms with van der Waals surface area (Å²) < 4.78 is 12.5. The summed E-state index contributed by atoms with van der Waals surface area (Å²) >= 11 is 1.25. The summed E-state index contributed by atoms with van der Waals surface area (Å²) in [6.45, 7) is 1.04. The number of aromatic nitrogens is 2. The zero-order chi connectivity index (χ0) is 24.0. The number of furan rings is 2. The number of para-hydroxylation sites is 1. The third-order valence-corrected chi connectivity index (χ3v) is 6.50. The van der Waals surface area contributed by atoms with Crippen molar-refractivity contribution in [1.82, 2.24) is 14.5 Å². The highest BCUT2D eigenvalue weighted by atomic mass is 32.2. The third-order valence-electron chi connectivity index (χ3n) is 5.54. The van der Waals surface area contributed by atoms with E-state index < -0.39 is 0 Å². The second-order valence-corrected chi connectivity index (χ2v) is 8.93. The number of nitrogens with zero attached hydrogens (tertiary/aromatic N) is 3. The summed E-state index contributed by atoms with van der Waals surface area (Å²) in [5.74, 6) is 1.39. The van der Waals surface area contributed by atoms with Crippen molar-refractivity contribution in [3.05, 3.63) is 119 Å². The van der Waals surface area contributed by atoms with Crippen LogP contribution < -0.4 is 5.56 Å². The van der Waals surface area contributed by atoms with Gasteiger partial charge in [0.2, 0.25) is 5.91 Å². The Balaban J connectivity index is 1.41. The molecule has 0 aliphatic heterocycles. The molecule has 5 aromatic rings. The molecule has 2 aromatic carbocycles. The van der Waals surface area contributed by atoms with E-state index in [0.29, 0.717) is 40.7 Å². The van der Waals surface area contributed by atoms with Crippen molar-refractivity contribution in [2.75, 3.05) is 5.75 Å². The van der Waals surface area contributed by atoms with E-state index >= 15 is 0 Å². The van der Waals surface area contributed by atoms with E-state index in [-0.39, 0.29) is 23.8 Å². The van der Waals surface area contributed by atoms with E-state index in [1.807, 2.05) is 60.7 Å². The molecule has 0 unspecified atom stereocenters. The van der Waals surface area contributed by atoms with E-state index in [9.17, 15) is 9.59 Å². The van der Waals surface area contributed by atoms with Gasteiger partial charge in [0.1, 0.15) is 11.5 Å². The van der Waals surface area contributed by atoms with Crippen LogP contribution in [0.1, 0.15) is 17.1 Å². The highest BCUT2D eigenvalue weighted by Gasteiger charge is 2.19. The molecular formula is C27H23N3O4S. The SMILES string of the molecule is O=C(CSc1nc2ccccc2c(=O)n1Cc1ccco1)N(Cc1ccccc1)Cc1ccco1. The van der Waals surface area contributed by atoms with Gasteiger partial charge in [-0.3, -0.25) is 14.2 Å². The number of hydrogen-bond donors (Lipinski definition) is 0. The fourth-order valence-corrected chi connectivity index (χ4v) is 4.70. The second-order valence-electron chi connectivity index (χ2n) is 7.99. The van der Waals surface area contributed by atoms with Gasteiger partial charge in [0, 0.05) is 6.54 Å². The van der Waals surface area contributed by atoms with Crippen LogP contribution in [0.2, 0.25) is 0 Å². The van der Waals surface area contributed by atoms with Gasteiger partial charge in [-0.1, -0.05) is 54.2 Å². The Hall–Kier alpha value is -4.04. The number of rotatable bonds is 9. The van der Waals surface area contributed by atoms with Crippen LogP contribution in [0.4, 0.5) is 0 Å². The van der Waals surface area contributed by atoms with Crippen LogP contribution in [-0.2, 0) is 24.4 Å². The Morgan fingerprint density at radius 3 is 2.31 bits per heavy atom. The molecule has 0 fully saturated rings.